The standard InChI is InChI=1S/C8H13BrO3/c1-6(10)3-4-7(2)12-8(11)5-9/h7H,3-5H2,1-2H3. The maximum Gasteiger partial charge on any atom is 0.316 e. The van der Waals surface area contributed by atoms with Crippen LogP contribution in [-0.2, 0) is 14.3 Å². The van der Waals surface area contributed by atoms with Crippen molar-refractivity contribution < 1.29 is 14.3 Å². The molecule has 0 saturated carbocycles. The molecule has 70 valence electrons. The minimum atomic E-state index is -0.286. The fourth-order valence-electron chi connectivity index (χ4n) is 0.721. The largest absolute Gasteiger partial charge is 0.462 e. The van der Waals surface area contributed by atoms with Gasteiger partial charge in [0.05, 0.1) is 6.10 Å². The number of carbonyl (C=O) groups is 2. The van der Waals surface area contributed by atoms with Gasteiger partial charge in [0.15, 0.2) is 0 Å². The summed E-state index contributed by atoms with van der Waals surface area (Å²) in [5.74, 6) is -0.164. The fraction of sp³-hybridized carbons (Fsp3) is 0.750. The summed E-state index contributed by atoms with van der Waals surface area (Å²) in [6, 6.07) is 0. The van der Waals surface area contributed by atoms with Crippen molar-refractivity contribution in [3.05, 3.63) is 0 Å². The molecule has 0 aliphatic rings. The van der Waals surface area contributed by atoms with Crippen LogP contribution in [0.25, 0.3) is 0 Å². The topological polar surface area (TPSA) is 43.4 Å². The Morgan fingerprint density at radius 1 is 1.50 bits per heavy atom. The molecule has 1 unspecified atom stereocenters. The Morgan fingerprint density at radius 3 is 2.50 bits per heavy atom. The van der Waals surface area contributed by atoms with Crippen molar-refractivity contribution in [1.29, 1.82) is 0 Å². The van der Waals surface area contributed by atoms with Gasteiger partial charge in [0.25, 0.3) is 0 Å². The number of ether oxygens (including phenoxy) is 1. The maximum atomic E-state index is 10.7. The van der Waals surface area contributed by atoms with Crippen molar-refractivity contribution in [2.24, 2.45) is 0 Å². The van der Waals surface area contributed by atoms with Crippen LogP contribution in [0.4, 0.5) is 0 Å². The summed E-state index contributed by atoms with van der Waals surface area (Å²) in [4.78, 5) is 21.3. The highest BCUT2D eigenvalue weighted by molar-refractivity contribution is 9.09. The van der Waals surface area contributed by atoms with Crippen LogP contribution in [-0.4, -0.2) is 23.2 Å². The molecule has 0 spiro atoms. The molecule has 0 rings (SSSR count). The minimum absolute atomic E-state index is 0.122. The summed E-state index contributed by atoms with van der Waals surface area (Å²) < 4.78 is 4.91. The lowest BCUT2D eigenvalue weighted by molar-refractivity contribution is -0.145. The highest BCUT2D eigenvalue weighted by Gasteiger charge is 2.08. The van der Waals surface area contributed by atoms with Crippen molar-refractivity contribution in [3.63, 3.8) is 0 Å². The molecular weight excluding hydrogens is 224 g/mol. The van der Waals surface area contributed by atoms with Gasteiger partial charge in [-0.2, -0.15) is 0 Å². The number of carbonyl (C=O) groups excluding carboxylic acids is 2. The van der Waals surface area contributed by atoms with Crippen LogP contribution in [0.1, 0.15) is 26.7 Å². The van der Waals surface area contributed by atoms with E-state index >= 15 is 0 Å². The molecule has 1 atom stereocenters. The zero-order valence-electron chi connectivity index (χ0n) is 7.30. The minimum Gasteiger partial charge on any atom is -0.462 e. The second kappa shape index (κ2) is 6.17. The third-order valence-electron chi connectivity index (χ3n) is 1.34. The number of alkyl halides is 1. The molecule has 0 saturated heterocycles. The summed E-state index contributed by atoms with van der Waals surface area (Å²) in [5.41, 5.74) is 0. The molecular formula is C8H13BrO3. The van der Waals surface area contributed by atoms with E-state index in [0.717, 1.165) is 0 Å². The Balaban J connectivity index is 3.52. The molecule has 0 heterocycles. The Labute approximate surface area is 80.6 Å². The molecule has 3 nitrogen and oxygen atoms in total. The molecule has 0 bridgehead atoms. The number of hydrogen-bond acceptors (Lipinski definition) is 3. The van der Waals surface area contributed by atoms with Crippen LogP contribution in [0.2, 0.25) is 0 Å². The van der Waals surface area contributed by atoms with Crippen molar-refractivity contribution in [2.45, 2.75) is 32.8 Å². The van der Waals surface area contributed by atoms with Crippen LogP contribution < -0.4 is 0 Å². The van der Waals surface area contributed by atoms with E-state index in [4.69, 9.17) is 4.74 Å². The zero-order chi connectivity index (χ0) is 9.56. The number of rotatable bonds is 5. The molecule has 0 N–H and O–H groups in total. The Morgan fingerprint density at radius 2 is 2.08 bits per heavy atom. The molecule has 0 aromatic rings. The van der Waals surface area contributed by atoms with Gasteiger partial charge in [0, 0.05) is 6.42 Å². The number of esters is 1. The van der Waals surface area contributed by atoms with Gasteiger partial charge < -0.3 is 9.53 Å². The molecule has 0 aromatic heterocycles. The van der Waals surface area contributed by atoms with E-state index in [1.807, 2.05) is 0 Å². The summed E-state index contributed by atoms with van der Waals surface area (Å²) >= 11 is 2.98. The number of Topliss-reactive ketones (excluding diaryl/α,β-unsaturated/α-hetero) is 1. The van der Waals surface area contributed by atoms with Gasteiger partial charge in [-0.15, -0.1) is 0 Å². The molecule has 4 heteroatoms. The lowest BCUT2D eigenvalue weighted by Gasteiger charge is -2.10. The van der Waals surface area contributed by atoms with E-state index in [2.05, 4.69) is 15.9 Å². The van der Waals surface area contributed by atoms with E-state index < -0.39 is 0 Å². The summed E-state index contributed by atoms with van der Waals surface area (Å²) in [6.45, 7) is 3.31. The van der Waals surface area contributed by atoms with Gasteiger partial charge in [0.1, 0.15) is 11.1 Å². The van der Waals surface area contributed by atoms with E-state index in [1.54, 1.807) is 6.92 Å². The predicted molar refractivity (Wildman–Crippen MR) is 49.3 cm³/mol. The lowest BCUT2D eigenvalue weighted by atomic mass is 10.2. The molecule has 0 aromatic carbocycles. The summed E-state index contributed by atoms with van der Waals surface area (Å²) in [5, 5.41) is 0.206. The second-order valence-corrected chi connectivity index (χ2v) is 3.24. The van der Waals surface area contributed by atoms with Gasteiger partial charge in [0.2, 0.25) is 0 Å². The molecule has 12 heavy (non-hydrogen) atoms. The van der Waals surface area contributed by atoms with Gasteiger partial charge in [-0.25, -0.2) is 0 Å². The molecule has 0 aliphatic heterocycles. The van der Waals surface area contributed by atoms with Gasteiger partial charge >= 0.3 is 5.97 Å². The van der Waals surface area contributed by atoms with Crippen LogP contribution in [0.5, 0.6) is 0 Å². The third kappa shape index (κ3) is 6.34. The van der Waals surface area contributed by atoms with Crippen LogP contribution in [0.15, 0.2) is 0 Å². The first-order chi connectivity index (χ1) is 5.56. The molecule has 0 radical (unpaired) electrons. The molecule has 0 aliphatic carbocycles. The predicted octanol–water partition coefficient (Wildman–Crippen LogP) is 1.68. The first-order valence-corrected chi connectivity index (χ1v) is 4.93. The highest BCUT2D eigenvalue weighted by Crippen LogP contribution is 2.03. The number of hydrogen-bond donors (Lipinski definition) is 0. The summed E-state index contributed by atoms with van der Waals surface area (Å²) in [7, 11) is 0. The first kappa shape index (κ1) is 11.6. The average Bonchev–Trinajstić information content (AvgIpc) is 2.00. The lowest BCUT2D eigenvalue weighted by Crippen LogP contribution is -2.16. The summed E-state index contributed by atoms with van der Waals surface area (Å²) in [6.07, 6.45) is 0.907. The number of ketones is 1. The normalized spacial score (nSPS) is 12.2. The van der Waals surface area contributed by atoms with E-state index in [9.17, 15) is 9.59 Å². The molecule has 0 fully saturated rings. The second-order valence-electron chi connectivity index (χ2n) is 2.67. The van der Waals surface area contributed by atoms with E-state index in [0.29, 0.717) is 12.8 Å². The fourth-order valence-corrected chi connectivity index (χ4v) is 0.854. The van der Waals surface area contributed by atoms with Gasteiger partial charge in [-0.3, -0.25) is 4.79 Å². The highest BCUT2D eigenvalue weighted by atomic mass is 79.9. The average molecular weight is 237 g/mol. The number of halogens is 1. The third-order valence-corrected chi connectivity index (χ3v) is 1.80. The van der Waals surface area contributed by atoms with Crippen LogP contribution in [0.3, 0.4) is 0 Å². The smallest absolute Gasteiger partial charge is 0.316 e. The van der Waals surface area contributed by atoms with E-state index in [-0.39, 0.29) is 23.2 Å². The van der Waals surface area contributed by atoms with Gasteiger partial charge in [-0.1, -0.05) is 15.9 Å². The van der Waals surface area contributed by atoms with Crippen LogP contribution >= 0.6 is 15.9 Å². The van der Waals surface area contributed by atoms with Crippen molar-refractivity contribution in [1.82, 2.24) is 0 Å². The van der Waals surface area contributed by atoms with E-state index in [1.165, 1.54) is 6.92 Å². The Kier molecular flexibility index (Phi) is 5.98. The first-order valence-electron chi connectivity index (χ1n) is 3.81. The Hall–Kier alpha value is -0.380. The van der Waals surface area contributed by atoms with Crippen LogP contribution in [0, 0.1) is 0 Å². The quantitative estimate of drug-likeness (QED) is 0.539. The van der Waals surface area contributed by atoms with Gasteiger partial charge in [-0.05, 0) is 20.3 Å². The monoisotopic (exact) mass is 236 g/mol. The molecule has 0 amide bonds. The maximum absolute atomic E-state index is 10.7. The zero-order valence-corrected chi connectivity index (χ0v) is 8.89. The van der Waals surface area contributed by atoms with Crippen molar-refractivity contribution in [2.75, 3.05) is 5.33 Å². The van der Waals surface area contributed by atoms with Crippen molar-refractivity contribution >= 4 is 27.7 Å². The Bertz CT molecular complexity index is 168. The SMILES string of the molecule is CC(=O)CCC(C)OC(=O)CBr. The van der Waals surface area contributed by atoms with Crippen molar-refractivity contribution in [3.8, 4) is 0 Å².